The number of aryl methyl sites for hydroxylation is 1. The highest BCUT2D eigenvalue weighted by atomic mass is 35.5. The van der Waals surface area contributed by atoms with Crippen LogP contribution in [-0.4, -0.2) is 26.4 Å². The van der Waals surface area contributed by atoms with Crippen LogP contribution >= 0.6 is 46.3 Å². The molecule has 0 aliphatic heterocycles. The number of hydrogen-bond donors (Lipinski definition) is 1. The summed E-state index contributed by atoms with van der Waals surface area (Å²) in [6.45, 7) is 8.64. The number of aromatic nitrogens is 3. The second-order valence-electron chi connectivity index (χ2n) is 6.18. The van der Waals surface area contributed by atoms with E-state index in [1.165, 1.54) is 22.2 Å². The zero-order valence-corrected chi connectivity index (χ0v) is 19.2. The summed E-state index contributed by atoms with van der Waals surface area (Å²) in [5.41, 5.74) is 2.77. The maximum Gasteiger partial charge on any atom is 0.234 e. The van der Waals surface area contributed by atoms with E-state index in [2.05, 4.69) is 41.3 Å². The number of allylic oxidation sites excluding steroid dienone is 1. The monoisotopic (exact) mass is 466 g/mol. The molecule has 2 heterocycles. The lowest BCUT2D eigenvalue weighted by Crippen LogP contribution is -2.15. The lowest BCUT2D eigenvalue weighted by atomic mass is 10.1. The molecule has 0 spiro atoms. The maximum absolute atomic E-state index is 12.4. The minimum Gasteiger partial charge on any atom is -0.323 e. The predicted octanol–water partition coefficient (Wildman–Crippen LogP) is 6.10. The molecule has 0 saturated heterocycles. The number of carbonyl (C=O) groups excluding carboxylic acids is 1. The highest BCUT2D eigenvalue weighted by molar-refractivity contribution is 7.99. The summed E-state index contributed by atoms with van der Waals surface area (Å²) in [5.74, 6) is 0.726. The van der Waals surface area contributed by atoms with Gasteiger partial charge in [-0.15, -0.1) is 28.1 Å². The van der Waals surface area contributed by atoms with Crippen molar-refractivity contribution < 1.29 is 4.79 Å². The molecule has 29 heavy (non-hydrogen) atoms. The van der Waals surface area contributed by atoms with Crippen LogP contribution in [0.1, 0.15) is 17.4 Å². The first-order chi connectivity index (χ1) is 14.0. The summed E-state index contributed by atoms with van der Waals surface area (Å²) in [7, 11) is 0. The Kier molecular flexibility index (Phi) is 7.40. The van der Waals surface area contributed by atoms with E-state index in [-0.39, 0.29) is 11.7 Å². The van der Waals surface area contributed by atoms with Crippen molar-refractivity contribution in [3.63, 3.8) is 0 Å². The minimum atomic E-state index is -0.222. The summed E-state index contributed by atoms with van der Waals surface area (Å²) in [6, 6.07) is 5.08. The lowest BCUT2D eigenvalue weighted by Gasteiger charge is -2.10. The molecule has 1 amide bonds. The first kappa shape index (κ1) is 21.9. The van der Waals surface area contributed by atoms with Crippen molar-refractivity contribution in [2.24, 2.45) is 0 Å². The second kappa shape index (κ2) is 9.80. The molecule has 0 atom stereocenters. The number of benzene rings is 1. The molecule has 0 saturated carbocycles. The van der Waals surface area contributed by atoms with Crippen LogP contribution in [0.2, 0.25) is 10.0 Å². The topological polar surface area (TPSA) is 59.8 Å². The number of carbonyl (C=O) groups is 1. The molecular weight excluding hydrogens is 447 g/mol. The first-order valence-corrected chi connectivity index (χ1v) is 11.6. The fourth-order valence-corrected chi connectivity index (χ4v) is 5.10. The Morgan fingerprint density at radius 3 is 2.72 bits per heavy atom. The standard InChI is InChI=1S/C20H20Cl2N4OS2/c1-4-9-26-19(14-10-28-12(3)13(14)5-2)24-25-20(26)29-11-17(27)23-18-15(21)7-6-8-16(18)22/h4,6-8,10H,1,5,9,11H2,2-3H3,(H,23,27). The van der Waals surface area contributed by atoms with Crippen LogP contribution < -0.4 is 5.32 Å². The molecule has 0 aliphatic carbocycles. The number of para-hydroxylation sites is 1. The summed E-state index contributed by atoms with van der Waals surface area (Å²) < 4.78 is 1.98. The van der Waals surface area contributed by atoms with Crippen molar-refractivity contribution >= 4 is 57.9 Å². The number of amides is 1. The fraction of sp³-hybridized carbons (Fsp3) is 0.250. The van der Waals surface area contributed by atoms with Crippen LogP contribution in [0.5, 0.6) is 0 Å². The van der Waals surface area contributed by atoms with Gasteiger partial charge in [0.1, 0.15) is 0 Å². The van der Waals surface area contributed by atoms with Crippen molar-refractivity contribution in [3.8, 4) is 11.4 Å². The van der Waals surface area contributed by atoms with Crippen LogP contribution in [0.25, 0.3) is 11.4 Å². The Morgan fingerprint density at radius 2 is 2.07 bits per heavy atom. The largest absolute Gasteiger partial charge is 0.323 e. The quantitative estimate of drug-likeness (QED) is 0.321. The molecule has 3 aromatic rings. The van der Waals surface area contributed by atoms with E-state index in [0.29, 0.717) is 27.4 Å². The molecule has 1 N–H and O–H groups in total. The molecule has 0 unspecified atom stereocenters. The number of thioether (sulfide) groups is 1. The van der Waals surface area contributed by atoms with Crippen molar-refractivity contribution in [1.29, 1.82) is 0 Å². The number of anilines is 1. The molecule has 1 aromatic carbocycles. The van der Waals surface area contributed by atoms with Crippen molar-refractivity contribution in [2.75, 3.05) is 11.1 Å². The summed E-state index contributed by atoms with van der Waals surface area (Å²) in [4.78, 5) is 13.7. The van der Waals surface area contributed by atoms with Gasteiger partial charge in [0.2, 0.25) is 5.91 Å². The van der Waals surface area contributed by atoms with Crippen molar-refractivity contribution in [1.82, 2.24) is 14.8 Å². The van der Waals surface area contributed by atoms with Gasteiger partial charge in [0.15, 0.2) is 11.0 Å². The maximum atomic E-state index is 12.4. The highest BCUT2D eigenvalue weighted by Crippen LogP contribution is 2.33. The van der Waals surface area contributed by atoms with E-state index >= 15 is 0 Å². The summed E-state index contributed by atoms with van der Waals surface area (Å²) >= 11 is 15.2. The molecule has 0 fully saturated rings. The molecule has 0 bridgehead atoms. The molecule has 0 radical (unpaired) electrons. The number of halogens is 2. The molecule has 2 aromatic heterocycles. The molecule has 0 aliphatic rings. The Labute approximate surface area is 188 Å². The Hall–Kier alpha value is -1.80. The van der Waals surface area contributed by atoms with Crippen LogP contribution in [0.15, 0.2) is 41.4 Å². The Bertz CT molecular complexity index is 1030. The minimum absolute atomic E-state index is 0.153. The van der Waals surface area contributed by atoms with Crippen LogP contribution in [0.3, 0.4) is 0 Å². The third kappa shape index (κ3) is 4.86. The van der Waals surface area contributed by atoms with E-state index in [0.717, 1.165) is 17.8 Å². The number of nitrogens with one attached hydrogen (secondary N) is 1. The first-order valence-electron chi connectivity index (χ1n) is 8.94. The lowest BCUT2D eigenvalue weighted by molar-refractivity contribution is -0.113. The SMILES string of the molecule is C=CCn1c(SCC(=O)Nc2c(Cl)cccc2Cl)nnc1-c1csc(C)c1CC. The number of rotatable bonds is 8. The third-order valence-electron chi connectivity index (χ3n) is 4.29. The van der Waals surface area contributed by atoms with Crippen LogP contribution in [0.4, 0.5) is 5.69 Å². The average molecular weight is 467 g/mol. The smallest absolute Gasteiger partial charge is 0.234 e. The van der Waals surface area contributed by atoms with Crippen LogP contribution in [0, 0.1) is 6.92 Å². The molecule has 3 rings (SSSR count). The van der Waals surface area contributed by atoms with E-state index in [9.17, 15) is 4.79 Å². The summed E-state index contributed by atoms with van der Waals surface area (Å²) in [5, 5.41) is 15.0. The number of thiophene rings is 1. The van der Waals surface area contributed by atoms with E-state index in [4.69, 9.17) is 23.2 Å². The normalized spacial score (nSPS) is 10.9. The average Bonchev–Trinajstić information content (AvgIpc) is 3.26. The third-order valence-corrected chi connectivity index (χ3v) is 6.84. The zero-order valence-electron chi connectivity index (χ0n) is 16.0. The van der Waals surface area contributed by atoms with Crippen LogP contribution in [-0.2, 0) is 17.8 Å². The number of nitrogens with zero attached hydrogens (tertiary/aromatic N) is 3. The highest BCUT2D eigenvalue weighted by Gasteiger charge is 2.19. The van der Waals surface area contributed by atoms with Gasteiger partial charge in [-0.05, 0) is 31.0 Å². The number of hydrogen-bond acceptors (Lipinski definition) is 5. The second-order valence-corrected chi connectivity index (χ2v) is 9.02. The zero-order chi connectivity index (χ0) is 21.0. The van der Waals surface area contributed by atoms with Gasteiger partial charge in [-0.1, -0.05) is 54.0 Å². The predicted molar refractivity (Wildman–Crippen MR) is 123 cm³/mol. The van der Waals surface area contributed by atoms with Crippen molar-refractivity contribution in [3.05, 3.63) is 56.7 Å². The molecular formula is C20H20Cl2N4OS2. The van der Waals surface area contributed by atoms with Gasteiger partial charge >= 0.3 is 0 Å². The van der Waals surface area contributed by atoms with Crippen molar-refractivity contribution in [2.45, 2.75) is 32.0 Å². The Morgan fingerprint density at radius 1 is 1.34 bits per heavy atom. The molecule has 9 heteroatoms. The van der Waals surface area contributed by atoms with Gasteiger partial charge in [0, 0.05) is 22.4 Å². The van der Waals surface area contributed by atoms with Gasteiger partial charge < -0.3 is 5.32 Å². The Balaban J connectivity index is 1.78. The van der Waals surface area contributed by atoms with Gasteiger partial charge in [-0.25, -0.2) is 0 Å². The van der Waals surface area contributed by atoms with E-state index in [1.54, 1.807) is 35.6 Å². The van der Waals surface area contributed by atoms with Gasteiger partial charge in [0.25, 0.3) is 0 Å². The molecule has 152 valence electrons. The van der Waals surface area contributed by atoms with E-state index < -0.39 is 0 Å². The van der Waals surface area contributed by atoms with Gasteiger partial charge in [0.05, 0.1) is 21.5 Å². The molecule has 5 nitrogen and oxygen atoms in total. The summed E-state index contributed by atoms with van der Waals surface area (Å²) in [6.07, 6.45) is 2.72. The fourth-order valence-electron chi connectivity index (χ4n) is 2.92. The van der Waals surface area contributed by atoms with Gasteiger partial charge in [-0.3, -0.25) is 9.36 Å². The van der Waals surface area contributed by atoms with E-state index in [1.807, 2.05) is 4.57 Å². The van der Waals surface area contributed by atoms with Gasteiger partial charge in [-0.2, -0.15) is 0 Å².